The van der Waals surface area contributed by atoms with Gasteiger partial charge in [-0.05, 0) is 32.6 Å². The molecule has 1 fully saturated rings. The molecule has 0 bridgehead atoms. The predicted molar refractivity (Wildman–Crippen MR) is 72.4 cm³/mol. The van der Waals surface area contributed by atoms with E-state index < -0.39 is 0 Å². The quantitative estimate of drug-likeness (QED) is 0.527. The van der Waals surface area contributed by atoms with Gasteiger partial charge in [-0.25, -0.2) is 0 Å². The van der Waals surface area contributed by atoms with Gasteiger partial charge in [0.1, 0.15) is 0 Å². The maximum Gasteiger partial charge on any atom is 0.191 e. The smallest absolute Gasteiger partial charge is 0.191 e. The van der Waals surface area contributed by atoms with E-state index in [1.807, 2.05) is 0 Å². The van der Waals surface area contributed by atoms with Gasteiger partial charge in [0.05, 0.1) is 6.61 Å². The monoisotopic (exact) mass is 241 g/mol. The highest BCUT2D eigenvalue weighted by Crippen LogP contribution is 2.34. The average Bonchev–Trinajstić information content (AvgIpc) is 2.97. The van der Waals surface area contributed by atoms with E-state index in [-0.39, 0.29) is 0 Å². The molecule has 3 unspecified atom stereocenters. The van der Waals surface area contributed by atoms with Crippen molar-refractivity contribution in [1.29, 1.82) is 0 Å². The predicted octanol–water partition coefficient (Wildman–Crippen LogP) is 1.77. The molecule has 1 rings (SSSR count). The van der Waals surface area contributed by atoms with Crippen LogP contribution in [-0.2, 0) is 4.74 Å². The number of nitrogens with zero attached hydrogens (tertiary/aromatic N) is 1. The topological polar surface area (TPSA) is 45.7 Å². The van der Waals surface area contributed by atoms with Crippen LogP contribution in [0.2, 0.25) is 0 Å². The molecule has 1 aliphatic carbocycles. The average molecular weight is 241 g/mol. The molecule has 1 aliphatic rings. The van der Waals surface area contributed by atoms with Gasteiger partial charge in [-0.2, -0.15) is 0 Å². The van der Waals surface area contributed by atoms with Gasteiger partial charge in [0.2, 0.25) is 0 Å². The van der Waals surface area contributed by atoms with E-state index in [1.165, 1.54) is 19.3 Å². The van der Waals surface area contributed by atoms with Crippen LogP contribution in [0.15, 0.2) is 4.99 Å². The summed E-state index contributed by atoms with van der Waals surface area (Å²) in [5.74, 6) is 1.78. The molecule has 0 saturated heterocycles. The molecule has 0 aliphatic heterocycles. The molecule has 1 saturated carbocycles. The van der Waals surface area contributed by atoms with Gasteiger partial charge in [-0.3, -0.25) is 4.99 Å². The molecule has 0 radical (unpaired) electrons. The van der Waals surface area contributed by atoms with E-state index in [0.29, 0.717) is 18.7 Å². The number of guanidine groups is 1. The summed E-state index contributed by atoms with van der Waals surface area (Å²) in [6.07, 6.45) is 3.89. The van der Waals surface area contributed by atoms with Crippen LogP contribution < -0.4 is 10.6 Å². The molecule has 2 N–H and O–H groups in total. The first-order valence-electron chi connectivity index (χ1n) is 6.77. The van der Waals surface area contributed by atoms with Crippen molar-refractivity contribution in [1.82, 2.24) is 10.6 Å². The summed E-state index contributed by atoms with van der Waals surface area (Å²) in [6.45, 7) is 7.91. The van der Waals surface area contributed by atoms with E-state index in [2.05, 4.69) is 36.4 Å². The highest BCUT2D eigenvalue weighted by atomic mass is 16.5. The van der Waals surface area contributed by atoms with Gasteiger partial charge in [0, 0.05) is 25.7 Å². The molecule has 4 nitrogen and oxygen atoms in total. The van der Waals surface area contributed by atoms with Crippen LogP contribution in [0.25, 0.3) is 0 Å². The lowest BCUT2D eigenvalue weighted by Gasteiger charge is -2.17. The van der Waals surface area contributed by atoms with E-state index >= 15 is 0 Å². The summed E-state index contributed by atoms with van der Waals surface area (Å²) in [5, 5.41) is 6.87. The molecule has 17 heavy (non-hydrogen) atoms. The Bertz CT molecular complexity index is 243. The fourth-order valence-corrected chi connectivity index (χ4v) is 2.11. The minimum atomic E-state index is 0.293. The van der Waals surface area contributed by atoms with Crippen LogP contribution in [0.4, 0.5) is 0 Å². The van der Waals surface area contributed by atoms with Crippen LogP contribution in [0.1, 0.15) is 40.0 Å². The van der Waals surface area contributed by atoms with Crippen molar-refractivity contribution in [2.24, 2.45) is 10.9 Å². The number of rotatable bonds is 7. The van der Waals surface area contributed by atoms with Crippen molar-refractivity contribution in [3.8, 4) is 0 Å². The van der Waals surface area contributed by atoms with Crippen molar-refractivity contribution in [3.63, 3.8) is 0 Å². The highest BCUT2D eigenvalue weighted by Gasteiger charge is 2.36. The molecule has 3 atom stereocenters. The second-order valence-electron chi connectivity index (χ2n) is 4.86. The Morgan fingerprint density at radius 2 is 2.24 bits per heavy atom. The highest BCUT2D eigenvalue weighted by molar-refractivity contribution is 5.80. The minimum absolute atomic E-state index is 0.293. The summed E-state index contributed by atoms with van der Waals surface area (Å²) in [5.41, 5.74) is 0. The van der Waals surface area contributed by atoms with Crippen LogP contribution in [0.5, 0.6) is 0 Å². The van der Waals surface area contributed by atoms with Gasteiger partial charge in [0.15, 0.2) is 5.96 Å². The van der Waals surface area contributed by atoms with Crippen LogP contribution in [0, 0.1) is 5.92 Å². The fraction of sp³-hybridized carbons (Fsp3) is 0.923. The normalized spacial score (nSPS) is 25.5. The lowest BCUT2D eigenvalue weighted by Crippen LogP contribution is -2.45. The van der Waals surface area contributed by atoms with E-state index in [1.54, 1.807) is 7.11 Å². The molecule has 4 heteroatoms. The Morgan fingerprint density at radius 1 is 1.47 bits per heavy atom. The second-order valence-corrected chi connectivity index (χ2v) is 4.86. The molecule has 100 valence electrons. The maximum atomic E-state index is 5.12. The maximum absolute atomic E-state index is 5.12. The number of aliphatic imine (C=N–C) groups is 1. The number of hydrogen-bond acceptors (Lipinski definition) is 2. The van der Waals surface area contributed by atoms with E-state index in [0.717, 1.165) is 18.4 Å². The Morgan fingerprint density at radius 3 is 2.82 bits per heavy atom. The first-order chi connectivity index (χ1) is 8.21. The van der Waals surface area contributed by atoms with E-state index in [4.69, 9.17) is 4.74 Å². The third-order valence-electron chi connectivity index (χ3n) is 3.02. The van der Waals surface area contributed by atoms with Crippen molar-refractivity contribution in [2.75, 3.05) is 20.3 Å². The standard InChI is InChI=1S/C13H27N3O/c1-5-7-11-8-12(11)16-13(14-6-2)15-10(3)9-17-4/h10-12H,5-9H2,1-4H3,(H2,14,15,16). The Hall–Kier alpha value is -0.770. The number of ether oxygens (including phenoxy) is 1. The van der Waals surface area contributed by atoms with Crippen molar-refractivity contribution in [2.45, 2.75) is 52.1 Å². The molecular formula is C13H27N3O. The number of nitrogens with one attached hydrogen (secondary N) is 2. The summed E-state index contributed by atoms with van der Waals surface area (Å²) in [6, 6.07) is 0.920. The zero-order chi connectivity index (χ0) is 12.7. The Kier molecular flexibility index (Phi) is 6.34. The lowest BCUT2D eigenvalue weighted by molar-refractivity contribution is 0.179. The van der Waals surface area contributed by atoms with E-state index in [9.17, 15) is 0 Å². The summed E-state index contributed by atoms with van der Waals surface area (Å²) < 4.78 is 5.12. The third-order valence-corrected chi connectivity index (χ3v) is 3.02. The molecular weight excluding hydrogens is 214 g/mol. The van der Waals surface area contributed by atoms with Crippen LogP contribution >= 0.6 is 0 Å². The zero-order valence-corrected chi connectivity index (χ0v) is 11.6. The lowest BCUT2D eigenvalue weighted by atomic mass is 10.2. The minimum Gasteiger partial charge on any atom is -0.383 e. The first kappa shape index (κ1) is 14.3. The first-order valence-corrected chi connectivity index (χ1v) is 6.77. The zero-order valence-electron chi connectivity index (χ0n) is 11.6. The van der Waals surface area contributed by atoms with Crippen molar-refractivity contribution in [3.05, 3.63) is 0 Å². The fourth-order valence-electron chi connectivity index (χ4n) is 2.11. The van der Waals surface area contributed by atoms with Crippen LogP contribution in [-0.4, -0.2) is 38.3 Å². The van der Waals surface area contributed by atoms with Gasteiger partial charge in [0.25, 0.3) is 0 Å². The number of methoxy groups -OCH3 is 1. The van der Waals surface area contributed by atoms with Gasteiger partial charge in [-0.1, -0.05) is 13.3 Å². The third kappa shape index (κ3) is 5.39. The van der Waals surface area contributed by atoms with Gasteiger partial charge < -0.3 is 15.4 Å². The number of hydrogen-bond donors (Lipinski definition) is 2. The van der Waals surface area contributed by atoms with Crippen molar-refractivity contribution >= 4 is 5.96 Å². The largest absolute Gasteiger partial charge is 0.383 e. The summed E-state index contributed by atoms with van der Waals surface area (Å²) in [7, 11) is 1.72. The molecule has 0 spiro atoms. The van der Waals surface area contributed by atoms with Gasteiger partial charge >= 0.3 is 0 Å². The molecule has 0 aromatic carbocycles. The Labute approximate surface area is 105 Å². The summed E-state index contributed by atoms with van der Waals surface area (Å²) in [4.78, 5) is 4.46. The summed E-state index contributed by atoms with van der Waals surface area (Å²) >= 11 is 0. The molecule has 0 amide bonds. The molecule has 0 aromatic rings. The van der Waals surface area contributed by atoms with Crippen molar-refractivity contribution < 1.29 is 4.74 Å². The van der Waals surface area contributed by atoms with Crippen LogP contribution in [0.3, 0.4) is 0 Å². The van der Waals surface area contributed by atoms with Gasteiger partial charge in [-0.15, -0.1) is 0 Å². The molecule has 0 aromatic heterocycles. The Balaban J connectivity index is 2.32. The second kappa shape index (κ2) is 7.54. The molecule has 0 heterocycles. The SMILES string of the molecule is CCCC1CC1NC(=NCC)NC(C)COC.